The molecule has 0 fully saturated rings. The Morgan fingerprint density at radius 3 is 2.50 bits per heavy atom. The SMILES string of the molecule is CCCOc1ccc(Oc2ncccc2CNC(=O)c2cccc(NS(C)(=O)=O)c2)cc1. The minimum atomic E-state index is -3.43. The van der Waals surface area contributed by atoms with Crippen LogP contribution in [0.3, 0.4) is 0 Å². The molecule has 0 bridgehead atoms. The van der Waals surface area contributed by atoms with Gasteiger partial charge in [0.2, 0.25) is 15.9 Å². The second-order valence-electron chi connectivity index (χ2n) is 7.03. The molecule has 0 unspecified atom stereocenters. The highest BCUT2D eigenvalue weighted by atomic mass is 32.2. The van der Waals surface area contributed by atoms with Crippen molar-refractivity contribution in [3.8, 4) is 17.4 Å². The Bertz CT molecular complexity index is 1160. The number of aromatic nitrogens is 1. The molecule has 1 aromatic heterocycles. The first kappa shape index (κ1) is 23.1. The summed E-state index contributed by atoms with van der Waals surface area (Å²) in [5.41, 5.74) is 1.34. The molecule has 0 spiro atoms. The predicted molar refractivity (Wildman–Crippen MR) is 123 cm³/mol. The number of nitrogens with zero attached hydrogens (tertiary/aromatic N) is 1. The third-order valence-corrected chi connectivity index (χ3v) is 4.83. The van der Waals surface area contributed by atoms with Crippen molar-refractivity contribution in [2.24, 2.45) is 0 Å². The number of rotatable bonds is 10. The van der Waals surface area contributed by atoms with Crippen molar-refractivity contribution in [1.82, 2.24) is 10.3 Å². The zero-order valence-electron chi connectivity index (χ0n) is 17.9. The van der Waals surface area contributed by atoms with Gasteiger partial charge in [-0.15, -0.1) is 0 Å². The number of carbonyl (C=O) groups excluding carboxylic acids is 1. The van der Waals surface area contributed by atoms with E-state index in [4.69, 9.17) is 9.47 Å². The topological polar surface area (TPSA) is 107 Å². The molecule has 0 atom stereocenters. The van der Waals surface area contributed by atoms with E-state index in [1.165, 1.54) is 6.07 Å². The lowest BCUT2D eigenvalue weighted by Crippen LogP contribution is -2.23. The number of carbonyl (C=O) groups is 1. The molecule has 1 heterocycles. The monoisotopic (exact) mass is 455 g/mol. The average molecular weight is 456 g/mol. The largest absolute Gasteiger partial charge is 0.494 e. The van der Waals surface area contributed by atoms with Crippen LogP contribution in [0, 0.1) is 0 Å². The van der Waals surface area contributed by atoms with E-state index >= 15 is 0 Å². The molecule has 3 aromatic rings. The summed E-state index contributed by atoms with van der Waals surface area (Å²) >= 11 is 0. The van der Waals surface area contributed by atoms with Crippen LogP contribution < -0.4 is 19.5 Å². The Kier molecular flexibility index (Phi) is 7.67. The lowest BCUT2D eigenvalue weighted by atomic mass is 10.2. The van der Waals surface area contributed by atoms with Gasteiger partial charge in [0.15, 0.2) is 0 Å². The average Bonchev–Trinajstić information content (AvgIpc) is 2.77. The van der Waals surface area contributed by atoms with Crippen molar-refractivity contribution < 1.29 is 22.7 Å². The Hall–Kier alpha value is -3.59. The van der Waals surface area contributed by atoms with Gasteiger partial charge in [-0.2, -0.15) is 0 Å². The van der Waals surface area contributed by atoms with Crippen molar-refractivity contribution in [2.45, 2.75) is 19.9 Å². The maximum absolute atomic E-state index is 12.6. The first-order chi connectivity index (χ1) is 15.3. The van der Waals surface area contributed by atoms with Gasteiger partial charge in [0.05, 0.1) is 12.9 Å². The summed E-state index contributed by atoms with van der Waals surface area (Å²) in [4.78, 5) is 16.8. The highest BCUT2D eigenvalue weighted by molar-refractivity contribution is 7.92. The lowest BCUT2D eigenvalue weighted by Gasteiger charge is -2.12. The summed E-state index contributed by atoms with van der Waals surface area (Å²) in [6.07, 6.45) is 3.59. The standard InChI is InChI=1S/C23H25N3O5S/c1-3-14-30-20-9-11-21(12-10-20)31-23-18(7-5-13-24-23)16-25-22(27)17-6-4-8-19(15-17)26-32(2,28)29/h4-13,15,26H,3,14,16H2,1-2H3,(H,25,27). The van der Waals surface area contributed by atoms with Crippen molar-refractivity contribution in [3.05, 3.63) is 78.0 Å². The minimum Gasteiger partial charge on any atom is -0.494 e. The van der Waals surface area contributed by atoms with Crippen LogP contribution in [0.1, 0.15) is 29.3 Å². The van der Waals surface area contributed by atoms with Crippen LogP contribution >= 0.6 is 0 Å². The Balaban J connectivity index is 1.65. The van der Waals surface area contributed by atoms with Gasteiger partial charge in [-0.05, 0) is 55.0 Å². The van der Waals surface area contributed by atoms with Crippen LogP contribution in [0.25, 0.3) is 0 Å². The fraction of sp³-hybridized carbons (Fsp3) is 0.217. The maximum atomic E-state index is 12.6. The smallest absolute Gasteiger partial charge is 0.251 e. The summed E-state index contributed by atoms with van der Waals surface area (Å²) < 4.78 is 36.6. The Morgan fingerprint density at radius 1 is 1.03 bits per heavy atom. The summed E-state index contributed by atoms with van der Waals surface area (Å²) in [5, 5.41) is 2.81. The van der Waals surface area contributed by atoms with Crippen LogP contribution in [0.2, 0.25) is 0 Å². The molecule has 0 saturated carbocycles. The molecule has 0 aliphatic heterocycles. The van der Waals surface area contributed by atoms with E-state index in [0.717, 1.165) is 18.4 Å². The summed E-state index contributed by atoms with van der Waals surface area (Å²) in [7, 11) is -3.43. The fourth-order valence-electron chi connectivity index (χ4n) is 2.80. The molecule has 0 aliphatic rings. The van der Waals surface area contributed by atoms with Gasteiger partial charge < -0.3 is 14.8 Å². The minimum absolute atomic E-state index is 0.184. The zero-order chi connectivity index (χ0) is 23.0. The second kappa shape index (κ2) is 10.6. The molecule has 168 valence electrons. The summed E-state index contributed by atoms with van der Waals surface area (Å²) in [5.74, 6) is 1.39. The van der Waals surface area contributed by atoms with E-state index in [0.29, 0.717) is 35.1 Å². The van der Waals surface area contributed by atoms with Crippen molar-refractivity contribution in [3.63, 3.8) is 0 Å². The number of pyridine rings is 1. The van der Waals surface area contributed by atoms with Crippen molar-refractivity contribution in [1.29, 1.82) is 0 Å². The molecule has 32 heavy (non-hydrogen) atoms. The van der Waals surface area contributed by atoms with Gasteiger partial charge in [-0.1, -0.05) is 19.1 Å². The van der Waals surface area contributed by atoms with E-state index in [-0.39, 0.29) is 12.5 Å². The number of hydrogen-bond acceptors (Lipinski definition) is 6. The van der Waals surface area contributed by atoms with Crippen LogP contribution in [0.5, 0.6) is 17.4 Å². The molecule has 8 nitrogen and oxygen atoms in total. The molecule has 0 radical (unpaired) electrons. The number of nitrogens with one attached hydrogen (secondary N) is 2. The molecular formula is C23H25N3O5S. The fourth-order valence-corrected chi connectivity index (χ4v) is 3.36. The zero-order valence-corrected chi connectivity index (χ0v) is 18.7. The molecule has 2 aromatic carbocycles. The quantitative estimate of drug-likeness (QED) is 0.479. The third-order valence-electron chi connectivity index (χ3n) is 4.23. The summed E-state index contributed by atoms with van der Waals surface area (Å²) in [6.45, 7) is 2.88. The molecule has 0 saturated heterocycles. The number of sulfonamides is 1. The van der Waals surface area contributed by atoms with Crippen molar-refractivity contribution >= 4 is 21.6 Å². The molecule has 1 amide bonds. The first-order valence-corrected chi connectivity index (χ1v) is 11.9. The first-order valence-electron chi connectivity index (χ1n) is 10.0. The second-order valence-corrected chi connectivity index (χ2v) is 8.78. The predicted octanol–water partition coefficient (Wildman–Crippen LogP) is 3.96. The van der Waals surface area contributed by atoms with Gasteiger partial charge in [-0.3, -0.25) is 9.52 Å². The number of benzene rings is 2. The highest BCUT2D eigenvalue weighted by Crippen LogP contribution is 2.25. The van der Waals surface area contributed by atoms with Crippen LogP contribution in [0.4, 0.5) is 5.69 Å². The molecular weight excluding hydrogens is 430 g/mol. The number of anilines is 1. The summed E-state index contributed by atoms with van der Waals surface area (Å²) in [6, 6.07) is 17.1. The van der Waals surface area contributed by atoms with Crippen LogP contribution in [0.15, 0.2) is 66.9 Å². The highest BCUT2D eigenvalue weighted by Gasteiger charge is 2.11. The molecule has 3 rings (SSSR count). The van der Waals surface area contributed by atoms with E-state index < -0.39 is 10.0 Å². The number of amides is 1. The van der Waals surface area contributed by atoms with Crippen molar-refractivity contribution in [2.75, 3.05) is 17.6 Å². The van der Waals surface area contributed by atoms with E-state index in [2.05, 4.69) is 15.0 Å². The molecule has 9 heteroatoms. The van der Waals surface area contributed by atoms with E-state index in [1.54, 1.807) is 42.6 Å². The molecule has 0 aliphatic carbocycles. The Labute approximate surface area is 187 Å². The van der Waals surface area contributed by atoms with Crippen LogP contribution in [-0.4, -0.2) is 32.2 Å². The lowest BCUT2D eigenvalue weighted by molar-refractivity contribution is 0.0950. The van der Waals surface area contributed by atoms with Crippen LogP contribution in [-0.2, 0) is 16.6 Å². The Morgan fingerprint density at radius 2 is 1.78 bits per heavy atom. The number of hydrogen-bond donors (Lipinski definition) is 2. The third kappa shape index (κ3) is 6.98. The molecule has 2 N–H and O–H groups in total. The van der Waals surface area contributed by atoms with Gasteiger partial charge in [-0.25, -0.2) is 13.4 Å². The van der Waals surface area contributed by atoms with E-state index in [1.807, 2.05) is 25.1 Å². The van der Waals surface area contributed by atoms with Gasteiger partial charge in [0, 0.05) is 29.6 Å². The normalized spacial score (nSPS) is 10.9. The number of ether oxygens (including phenoxy) is 2. The van der Waals surface area contributed by atoms with Gasteiger partial charge in [0.1, 0.15) is 11.5 Å². The van der Waals surface area contributed by atoms with Gasteiger partial charge >= 0.3 is 0 Å². The van der Waals surface area contributed by atoms with Gasteiger partial charge in [0.25, 0.3) is 5.91 Å². The van der Waals surface area contributed by atoms with E-state index in [9.17, 15) is 13.2 Å². The maximum Gasteiger partial charge on any atom is 0.251 e.